The third-order valence-electron chi connectivity index (χ3n) is 2.44. The maximum absolute atomic E-state index is 5.87. The molecule has 0 spiro atoms. The molecule has 1 aliphatic heterocycles. The first-order chi connectivity index (χ1) is 8.61. The van der Waals surface area contributed by atoms with Crippen LogP contribution in [0.3, 0.4) is 0 Å². The van der Waals surface area contributed by atoms with Crippen LogP contribution in [0.5, 0.6) is 0 Å². The average molecular weight is 303 g/mol. The number of rotatable bonds is 3. The number of thioether (sulfide) groups is 2. The van der Waals surface area contributed by atoms with E-state index in [-0.39, 0.29) is 5.28 Å². The van der Waals surface area contributed by atoms with E-state index < -0.39 is 0 Å². The Labute approximate surface area is 121 Å². The van der Waals surface area contributed by atoms with Gasteiger partial charge in [-0.05, 0) is 24.9 Å². The van der Waals surface area contributed by atoms with Gasteiger partial charge in [-0.1, -0.05) is 36.9 Å². The van der Waals surface area contributed by atoms with Crippen LogP contribution in [0.15, 0.2) is 10.00 Å². The Balaban J connectivity index is 2.19. The first-order valence-corrected chi connectivity index (χ1v) is 7.97. The first-order valence-electron chi connectivity index (χ1n) is 5.79. The summed E-state index contributed by atoms with van der Waals surface area (Å²) < 4.78 is 1.05. The van der Waals surface area contributed by atoms with E-state index in [9.17, 15) is 0 Å². The number of halogens is 1. The van der Waals surface area contributed by atoms with Gasteiger partial charge in [0.25, 0.3) is 0 Å². The van der Waals surface area contributed by atoms with Crippen LogP contribution < -0.4 is 5.01 Å². The van der Waals surface area contributed by atoms with Crippen LogP contribution >= 0.6 is 35.1 Å². The Morgan fingerprint density at radius 3 is 2.89 bits per heavy atom. The zero-order chi connectivity index (χ0) is 13.1. The van der Waals surface area contributed by atoms with Crippen LogP contribution in [0.2, 0.25) is 5.28 Å². The summed E-state index contributed by atoms with van der Waals surface area (Å²) in [6.07, 6.45) is 2.41. The predicted octanol–water partition coefficient (Wildman–Crippen LogP) is 3.78. The molecular formula is C11H15ClN4S2. The fourth-order valence-electron chi connectivity index (χ4n) is 1.49. The highest BCUT2D eigenvalue weighted by Crippen LogP contribution is 2.39. The second-order valence-corrected chi connectivity index (χ2v) is 6.60. The molecule has 0 atom stereocenters. The molecule has 0 saturated carbocycles. The lowest BCUT2D eigenvalue weighted by Crippen LogP contribution is -2.18. The van der Waals surface area contributed by atoms with Crippen molar-refractivity contribution in [3.63, 3.8) is 0 Å². The molecule has 1 aromatic heterocycles. The molecule has 0 bridgehead atoms. The van der Waals surface area contributed by atoms with Gasteiger partial charge in [-0.2, -0.15) is 10.1 Å². The lowest BCUT2D eigenvalue weighted by atomic mass is 10.4. The topological polar surface area (TPSA) is 41.4 Å². The van der Waals surface area contributed by atoms with Crippen LogP contribution in [0.4, 0.5) is 5.82 Å². The standard InChI is InChI=1S/C11H15ClN4S2/c1-4-5-6-17-11-15-16(3)9-8(18-11)7(2)13-10(12)14-9/h4-6H2,1-3H3. The molecule has 1 aliphatic rings. The summed E-state index contributed by atoms with van der Waals surface area (Å²) in [6.45, 7) is 4.14. The van der Waals surface area contributed by atoms with Gasteiger partial charge >= 0.3 is 0 Å². The van der Waals surface area contributed by atoms with Crippen molar-refractivity contribution in [2.45, 2.75) is 31.6 Å². The van der Waals surface area contributed by atoms with Crippen LogP contribution in [0.1, 0.15) is 25.5 Å². The van der Waals surface area contributed by atoms with Gasteiger partial charge in [0.05, 0.1) is 10.6 Å². The van der Waals surface area contributed by atoms with Crippen LogP contribution in [-0.4, -0.2) is 27.1 Å². The molecule has 0 amide bonds. The second kappa shape index (κ2) is 6.12. The molecule has 4 nitrogen and oxygen atoms in total. The Bertz CT molecular complexity index is 478. The van der Waals surface area contributed by atoms with Crippen LogP contribution in [-0.2, 0) is 0 Å². The Kier molecular flexibility index (Phi) is 4.75. The number of hydrogen-bond acceptors (Lipinski definition) is 6. The van der Waals surface area contributed by atoms with E-state index in [0.29, 0.717) is 0 Å². The zero-order valence-electron chi connectivity index (χ0n) is 10.6. The molecule has 0 unspecified atom stereocenters. The van der Waals surface area contributed by atoms with E-state index in [1.54, 1.807) is 28.5 Å². The summed E-state index contributed by atoms with van der Waals surface area (Å²) in [5.41, 5.74) is 0.908. The van der Waals surface area contributed by atoms with E-state index in [0.717, 1.165) is 26.5 Å². The molecule has 0 aromatic carbocycles. The van der Waals surface area contributed by atoms with Crippen molar-refractivity contribution in [1.29, 1.82) is 0 Å². The van der Waals surface area contributed by atoms with Crippen molar-refractivity contribution in [2.75, 3.05) is 17.8 Å². The monoisotopic (exact) mass is 302 g/mol. The van der Waals surface area contributed by atoms with Gasteiger partial charge in [-0.3, -0.25) is 0 Å². The summed E-state index contributed by atoms with van der Waals surface area (Å²) in [5.74, 6) is 1.89. The fraction of sp³-hybridized carbons (Fsp3) is 0.545. The van der Waals surface area contributed by atoms with Gasteiger partial charge in [0.2, 0.25) is 5.28 Å². The third kappa shape index (κ3) is 3.10. The number of nitrogens with zero attached hydrogens (tertiary/aromatic N) is 4. The van der Waals surface area contributed by atoms with Crippen molar-refractivity contribution in [3.05, 3.63) is 11.0 Å². The average Bonchev–Trinajstić information content (AvgIpc) is 2.31. The summed E-state index contributed by atoms with van der Waals surface area (Å²) in [6, 6.07) is 0. The van der Waals surface area contributed by atoms with Crippen LogP contribution in [0, 0.1) is 6.92 Å². The van der Waals surface area contributed by atoms with Crippen molar-refractivity contribution < 1.29 is 0 Å². The maximum atomic E-state index is 5.87. The highest BCUT2D eigenvalue weighted by atomic mass is 35.5. The number of aromatic nitrogens is 2. The molecule has 0 aliphatic carbocycles. The zero-order valence-corrected chi connectivity index (χ0v) is 13.0. The number of unbranched alkanes of at least 4 members (excludes halogenated alkanes) is 1. The molecule has 7 heteroatoms. The molecule has 0 fully saturated rings. The third-order valence-corrected chi connectivity index (χ3v) is 4.97. The molecule has 18 heavy (non-hydrogen) atoms. The number of hydrazone groups is 1. The highest BCUT2D eigenvalue weighted by molar-refractivity contribution is 8.39. The fourth-order valence-corrected chi connectivity index (χ4v) is 4.02. The van der Waals surface area contributed by atoms with E-state index >= 15 is 0 Å². The normalized spacial score (nSPS) is 14.4. The number of anilines is 1. The van der Waals surface area contributed by atoms with Gasteiger partial charge < -0.3 is 0 Å². The summed E-state index contributed by atoms with van der Waals surface area (Å²) in [5, 5.41) is 6.56. The van der Waals surface area contributed by atoms with E-state index in [2.05, 4.69) is 22.0 Å². The quantitative estimate of drug-likeness (QED) is 0.628. The maximum Gasteiger partial charge on any atom is 0.224 e. The van der Waals surface area contributed by atoms with Crippen molar-refractivity contribution in [2.24, 2.45) is 5.10 Å². The molecule has 1 aromatic rings. The largest absolute Gasteiger partial charge is 0.248 e. The van der Waals surface area contributed by atoms with Crippen LogP contribution in [0.25, 0.3) is 0 Å². The molecule has 2 rings (SSSR count). The smallest absolute Gasteiger partial charge is 0.224 e. The number of aryl methyl sites for hydroxylation is 1. The number of hydrogen-bond donors (Lipinski definition) is 0. The first kappa shape index (κ1) is 14.0. The molecular weight excluding hydrogens is 288 g/mol. The van der Waals surface area contributed by atoms with Gasteiger partial charge in [-0.15, -0.1) is 0 Å². The SMILES string of the molecule is CCCCSC1=NN(C)c2nc(Cl)nc(C)c2S1. The van der Waals surface area contributed by atoms with Gasteiger partial charge in [0.1, 0.15) is 0 Å². The minimum absolute atomic E-state index is 0.274. The molecule has 2 heterocycles. The van der Waals surface area contributed by atoms with E-state index in [1.807, 2.05) is 14.0 Å². The van der Waals surface area contributed by atoms with E-state index in [1.165, 1.54) is 12.8 Å². The van der Waals surface area contributed by atoms with Crippen molar-refractivity contribution >= 4 is 45.3 Å². The highest BCUT2D eigenvalue weighted by Gasteiger charge is 2.22. The van der Waals surface area contributed by atoms with Crippen molar-refractivity contribution in [3.8, 4) is 0 Å². The summed E-state index contributed by atoms with van der Waals surface area (Å²) in [7, 11) is 1.89. The Hall–Kier alpha value is -0.460. The van der Waals surface area contributed by atoms with Gasteiger partial charge in [0, 0.05) is 12.8 Å². The lowest BCUT2D eigenvalue weighted by molar-refractivity contribution is 0.897. The Morgan fingerprint density at radius 1 is 1.39 bits per heavy atom. The minimum Gasteiger partial charge on any atom is -0.248 e. The van der Waals surface area contributed by atoms with E-state index in [4.69, 9.17) is 11.6 Å². The molecule has 98 valence electrons. The predicted molar refractivity (Wildman–Crippen MR) is 80.8 cm³/mol. The molecule has 0 saturated heterocycles. The molecule has 0 N–H and O–H groups in total. The lowest BCUT2D eigenvalue weighted by Gasteiger charge is -2.23. The molecule has 0 radical (unpaired) electrons. The number of fused-ring (bicyclic) bond motifs is 1. The summed E-state index contributed by atoms with van der Waals surface area (Å²) >= 11 is 9.29. The Morgan fingerprint density at radius 2 is 2.17 bits per heavy atom. The van der Waals surface area contributed by atoms with Gasteiger partial charge in [-0.25, -0.2) is 9.99 Å². The van der Waals surface area contributed by atoms with Gasteiger partial charge in [0.15, 0.2) is 10.2 Å². The second-order valence-electron chi connectivity index (χ2n) is 3.92. The summed E-state index contributed by atoms with van der Waals surface area (Å²) in [4.78, 5) is 9.48. The minimum atomic E-state index is 0.274. The van der Waals surface area contributed by atoms with Crippen molar-refractivity contribution in [1.82, 2.24) is 9.97 Å².